The molecular weight excluding hydrogens is 460 g/mol. The van der Waals surface area contributed by atoms with E-state index in [1.807, 2.05) is 10.6 Å². The zero-order chi connectivity index (χ0) is 26.6. The molecule has 0 spiro atoms. The van der Waals surface area contributed by atoms with Crippen LogP contribution in [0.1, 0.15) is 39.0 Å². The molecule has 0 aromatic heterocycles. The number of carbonyl (C=O) groups is 7. The van der Waals surface area contributed by atoms with Crippen molar-refractivity contribution in [3.63, 3.8) is 0 Å². The second kappa shape index (κ2) is 14.4. The lowest BCUT2D eigenvalue weighted by molar-refractivity contribution is -0.144. The molecule has 34 heavy (non-hydrogen) atoms. The van der Waals surface area contributed by atoms with Gasteiger partial charge in [0.2, 0.25) is 29.5 Å². The van der Waals surface area contributed by atoms with Gasteiger partial charge in [-0.25, -0.2) is 4.79 Å². The molecule has 5 atom stereocenters. The molecule has 0 aromatic carbocycles. The normalized spacial score (nSPS) is 15.0. The molecule has 0 aromatic rings. The number of rotatable bonds is 16. The van der Waals surface area contributed by atoms with Crippen molar-refractivity contribution in [3.8, 4) is 0 Å². The maximum Gasteiger partial charge on any atom is 0.326 e. The maximum atomic E-state index is 12.6. The largest absolute Gasteiger partial charge is 0.481 e. The monoisotopic (exact) mass is 490 g/mol. The Balaban J connectivity index is 5.43. The van der Waals surface area contributed by atoms with Crippen LogP contribution in [-0.2, 0) is 33.6 Å². The van der Waals surface area contributed by atoms with Gasteiger partial charge in [0, 0.05) is 12.8 Å². The van der Waals surface area contributed by atoms with Gasteiger partial charge in [-0.2, -0.15) is 0 Å². The van der Waals surface area contributed by atoms with Crippen LogP contribution in [0.3, 0.4) is 0 Å². The molecule has 0 heterocycles. The predicted octanol–water partition coefficient (Wildman–Crippen LogP) is -4.76. The summed E-state index contributed by atoms with van der Waals surface area (Å²) in [7, 11) is 0. The number of carboxylic acids is 2. The Morgan fingerprint density at radius 1 is 0.765 bits per heavy atom. The molecule has 0 radical (unpaired) electrons. The molecule has 0 aliphatic rings. The number of carbonyl (C=O) groups excluding carboxylic acids is 5. The van der Waals surface area contributed by atoms with Gasteiger partial charge in [0.1, 0.15) is 18.1 Å². The summed E-state index contributed by atoms with van der Waals surface area (Å²) in [6.45, 7) is 1.12. The molecule has 0 rings (SSSR count). The SMILES string of the molecule is CC(O)C(NC(=O)C(N)CCC(N)=O)C(=O)NC(CC(=O)O)C(=O)NC(CCC(N)=O)C(=O)O. The number of hydrogen-bond acceptors (Lipinski definition) is 9. The average Bonchev–Trinajstić information content (AvgIpc) is 2.70. The lowest BCUT2D eigenvalue weighted by atomic mass is 10.1. The van der Waals surface area contributed by atoms with E-state index in [1.165, 1.54) is 0 Å². The molecule has 5 amide bonds. The number of aliphatic carboxylic acids is 2. The summed E-state index contributed by atoms with van der Waals surface area (Å²) in [6.07, 6.45) is -3.65. The van der Waals surface area contributed by atoms with Gasteiger partial charge in [-0.1, -0.05) is 0 Å². The van der Waals surface area contributed by atoms with E-state index in [4.69, 9.17) is 22.3 Å². The number of hydrogen-bond donors (Lipinski definition) is 9. The van der Waals surface area contributed by atoms with Crippen LogP contribution in [0.2, 0.25) is 0 Å². The highest BCUT2D eigenvalue weighted by molar-refractivity contribution is 5.96. The zero-order valence-electron chi connectivity index (χ0n) is 18.4. The topological polar surface area (TPSA) is 294 Å². The molecule has 5 unspecified atom stereocenters. The first-order valence-electron chi connectivity index (χ1n) is 10.0. The third kappa shape index (κ3) is 11.7. The van der Waals surface area contributed by atoms with Gasteiger partial charge in [-0.15, -0.1) is 0 Å². The molecule has 0 aliphatic heterocycles. The fourth-order valence-electron chi connectivity index (χ4n) is 2.56. The molecule has 0 aliphatic carbocycles. The summed E-state index contributed by atoms with van der Waals surface area (Å²) in [5, 5.41) is 34.3. The quantitative estimate of drug-likeness (QED) is 0.0988. The van der Waals surface area contributed by atoms with Crippen LogP contribution in [0.5, 0.6) is 0 Å². The van der Waals surface area contributed by atoms with Gasteiger partial charge in [0.25, 0.3) is 0 Å². The molecule has 16 nitrogen and oxygen atoms in total. The summed E-state index contributed by atoms with van der Waals surface area (Å²) >= 11 is 0. The Morgan fingerprint density at radius 3 is 1.71 bits per heavy atom. The molecule has 192 valence electrons. The van der Waals surface area contributed by atoms with Crippen molar-refractivity contribution in [1.82, 2.24) is 16.0 Å². The first-order chi connectivity index (χ1) is 15.6. The minimum Gasteiger partial charge on any atom is -0.481 e. The van der Waals surface area contributed by atoms with E-state index in [2.05, 4.69) is 5.32 Å². The van der Waals surface area contributed by atoms with Crippen molar-refractivity contribution in [2.45, 2.75) is 69.3 Å². The van der Waals surface area contributed by atoms with Gasteiger partial charge in [0.15, 0.2) is 0 Å². The second-order valence-corrected chi connectivity index (χ2v) is 7.40. The van der Waals surface area contributed by atoms with Crippen molar-refractivity contribution in [3.05, 3.63) is 0 Å². The maximum absolute atomic E-state index is 12.6. The molecule has 16 heteroatoms. The van der Waals surface area contributed by atoms with Crippen molar-refractivity contribution in [2.24, 2.45) is 17.2 Å². The van der Waals surface area contributed by atoms with E-state index in [1.54, 1.807) is 0 Å². The number of carboxylic acid groups (broad SMARTS) is 2. The summed E-state index contributed by atoms with van der Waals surface area (Å²) < 4.78 is 0. The van der Waals surface area contributed by atoms with E-state index in [0.29, 0.717) is 0 Å². The van der Waals surface area contributed by atoms with Crippen LogP contribution >= 0.6 is 0 Å². The smallest absolute Gasteiger partial charge is 0.326 e. The summed E-state index contributed by atoms with van der Waals surface area (Å²) in [6, 6.07) is -6.35. The zero-order valence-corrected chi connectivity index (χ0v) is 18.4. The van der Waals surface area contributed by atoms with Gasteiger partial charge < -0.3 is 48.5 Å². The fourth-order valence-corrected chi connectivity index (χ4v) is 2.56. The van der Waals surface area contributed by atoms with Crippen LogP contribution in [0.4, 0.5) is 0 Å². The second-order valence-electron chi connectivity index (χ2n) is 7.40. The first-order valence-corrected chi connectivity index (χ1v) is 10.0. The highest BCUT2D eigenvalue weighted by Crippen LogP contribution is 2.03. The number of primary amides is 2. The molecule has 0 bridgehead atoms. The van der Waals surface area contributed by atoms with Crippen molar-refractivity contribution < 1.29 is 48.9 Å². The number of nitrogens with one attached hydrogen (secondary N) is 3. The van der Waals surface area contributed by atoms with Crippen molar-refractivity contribution in [1.29, 1.82) is 0 Å². The molecular formula is C18H30N6O10. The van der Waals surface area contributed by atoms with Crippen LogP contribution in [0, 0.1) is 0 Å². The number of nitrogens with two attached hydrogens (primary N) is 3. The Labute approximate surface area is 193 Å². The Morgan fingerprint density at radius 2 is 1.26 bits per heavy atom. The minimum atomic E-state index is -1.80. The van der Waals surface area contributed by atoms with E-state index >= 15 is 0 Å². The van der Waals surface area contributed by atoms with Crippen LogP contribution in [-0.4, -0.2) is 87.1 Å². The molecule has 0 fully saturated rings. The third-order valence-electron chi connectivity index (χ3n) is 4.41. The lowest BCUT2D eigenvalue weighted by Gasteiger charge is -2.25. The van der Waals surface area contributed by atoms with Crippen LogP contribution in [0.15, 0.2) is 0 Å². The molecule has 12 N–H and O–H groups in total. The lowest BCUT2D eigenvalue weighted by Crippen LogP contribution is -2.60. The van der Waals surface area contributed by atoms with Gasteiger partial charge in [-0.05, 0) is 19.8 Å². The third-order valence-corrected chi connectivity index (χ3v) is 4.41. The van der Waals surface area contributed by atoms with Crippen LogP contribution < -0.4 is 33.2 Å². The van der Waals surface area contributed by atoms with Crippen LogP contribution in [0.25, 0.3) is 0 Å². The van der Waals surface area contributed by atoms with E-state index in [9.17, 15) is 43.8 Å². The van der Waals surface area contributed by atoms with Gasteiger partial charge in [-0.3, -0.25) is 28.8 Å². The number of amides is 5. The average molecular weight is 490 g/mol. The Kier molecular flexibility index (Phi) is 12.8. The van der Waals surface area contributed by atoms with Gasteiger partial charge >= 0.3 is 11.9 Å². The van der Waals surface area contributed by atoms with E-state index in [-0.39, 0.29) is 25.7 Å². The minimum absolute atomic E-state index is 0.152. The summed E-state index contributed by atoms with van der Waals surface area (Å²) in [5.41, 5.74) is 15.5. The fraction of sp³-hybridized carbons (Fsp3) is 0.611. The van der Waals surface area contributed by atoms with Crippen molar-refractivity contribution in [2.75, 3.05) is 0 Å². The molecule has 0 saturated heterocycles. The summed E-state index contributed by atoms with van der Waals surface area (Å²) in [5.74, 6) is -7.92. The highest BCUT2D eigenvalue weighted by atomic mass is 16.4. The van der Waals surface area contributed by atoms with Gasteiger partial charge in [0.05, 0.1) is 18.6 Å². The first kappa shape index (κ1) is 30.2. The number of aliphatic hydroxyl groups is 1. The van der Waals surface area contributed by atoms with Crippen molar-refractivity contribution >= 4 is 41.5 Å². The predicted molar refractivity (Wildman–Crippen MR) is 112 cm³/mol. The molecule has 0 saturated carbocycles. The summed E-state index contributed by atoms with van der Waals surface area (Å²) in [4.78, 5) is 81.4. The number of aliphatic hydroxyl groups excluding tert-OH is 1. The highest BCUT2D eigenvalue weighted by Gasteiger charge is 2.33. The Bertz CT molecular complexity index is 802. The van der Waals surface area contributed by atoms with E-state index < -0.39 is 78.2 Å². The Hall–Kier alpha value is -3.79. The van der Waals surface area contributed by atoms with E-state index in [0.717, 1.165) is 6.92 Å². The standard InChI is InChI=1S/C18H30N6O10/c1-7(25)14(24-15(30)8(19)2-4-11(20)26)17(32)23-10(6-13(28)29)16(31)22-9(18(33)34)3-5-12(21)27/h7-10,14,25H,2-6,19H2,1H3,(H2,20,26)(H2,21,27)(H,22,31)(H,23,32)(H,24,30)(H,28,29)(H,33,34).